The summed E-state index contributed by atoms with van der Waals surface area (Å²) < 4.78 is 0. The van der Waals surface area contributed by atoms with Gasteiger partial charge < -0.3 is 0 Å². The number of hydrogen-bond acceptors (Lipinski definition) is 1. The van der Waals surface area contributed by atoms with Gasteiger partial charge in [0.15, 0.2) is 0 Å². The minimum absolute atomic E-state index is 0.820. The molecule has 0 saturated carbocycles. The zero-order valence-corrected chi connectivity index (χ0v) is 9.32. The predicted octanol–water partition coefficient (Wildman–Crippen LogP) is 4.33. The van der Waals surface area contributed by atoms with Gasteiger partial charge in [-0.25, -0.2) is 0 Å². The summed E-state index contributed by atoms with van der Waals surface area (Å²) in [5.74, 6) is 0. The van der Waals surface area contributed by atoms with Crippen LogP contribution in [-0.2, 0) is 0 Å². The molecule has 0 amide bonds. The summed E-state index contributed by atoms with van der Waals surface area (Å²) in [6.45, 7) is 15.1. The summed E-state index contributed by atoms with van der Waals surface area (Å²) in [6.07, 6.45) is 5.41. The minimum Gasteiger partial charge on any atom is -0.264 e. The number of benzene rings is 1. The molecule has 1 aromatic carbocycles. The molecule has 0 saturated heterocycles. The third kappa shape index (κ3) is 2.67. The van der Waals surface area contributed by atoms with E-state index >= 15 is 0 Å². The van der Waals surface area contributed by atoms with E-state index in [0.29, 0.717) is 0 Å². The summed E-state index contributed by atoms with van der Waals surface area (Å²) in [4.78, 5) is 3.96. The lowest BCUT2D eigenvalue weighted by Gasteiger charge is -2.08. The molecular formula is C15H15N. The van der Waals surface area contributed by atoms with Gasteiger partial charge in [-0.3, -0.25) is 4.99 Å². The largest absolute Gasteiger partial charge is 0.264 e. The molecule has 1 nitrogen and oxygen atoms in total. The number of para-hydroxylation sites is 1. The molecule has 1 rings (SSSR count). The Labute approximate surface area is 96.9 Å². The highest BCUT2D eigenvalue weighted by molar-refractivity contribution is 5.85. The normalized spacial score (nSPS) is 10.0. The van der Waals surface area contributed by atoms with Crippen LogP contribution in [0.5, 0.6) is 0 Å². The first-order valence-corrected chi connectivity index (χ1v) is 4.94. The van der Waals surface area contributed by atoms with Gasteiger partial charge in [0, 0.05) is 5.56 Å². The van der Waals surface area contributed by atoms with Crippen LogP contribution in [0.15, 0.2) is 72.8 Å². The quantitative estimate of drug-likeness (QED) is 0.505. The van der Waals surface area contributed by atoms with E-state index in [-0.39, 0.29) is 0 Å². The van der Waals surface area contributed by atoms with Gasteiger partial charge in [0.05, 0.1) is 5.69 Å². The van der Waals surface area contributed by atoms with Crippen molar-refractivity contribution in [1.29, 1.82) is 0 Å². The highest BCUT2D eigenvalue weighted by Gasteiger charge is 2.05. The zero-order chi connectivity index (χ0) is 12.0. The van der Waals surface area contributed by atoms with E-state index in [2.05, 4.69) is 31.4 Å². The molecule has 0 radical (unpaired) electrons. The molecule has 0 aliphatic carbocycles. The van der Waals surface area contributed by atoms with Crippen molar-refractivity contribution in [1.82, 2.24) is 0 Å². The monoisotopic (exact) mass is 209 g/mol. The first-order chi connectivity index (χ1) is 7.70. The Morgan fingerprint density at radius 3 is 2.50 bits per heavy atom. The lowest BCUT2D eigenvalue weighted by molar-refractivity contribution is 1.50. The Balaban J connectivity index is 3.05. The third-order valence-corrected chi connectivity index (χ3v) is 2.22. The molecule has 80 valence electrons. The van der Waals surface area contributed by atoms with Crippen molar-refractivity contribution in [3.63, 3.8) is 0 Å². The Bertz CT molecular complexity index is 464. The second kappa shape index (κ2) is 5.66. The maximum Gasteiger partial charge on any atom is 0.0700 e. The van der Waals surface area contributed by atoms with E-state index in [0.717, 1.165) is 22.4 Å². The molecule has 0 aromatic heterocycles. The van der Waals surface area contributed by atoms with Crippen LogP contribution >= 0.6 is 0 Å². The van der Waals surface area contributed by atoms with Gasteiger partial charge in [0.25, 0.3) is 0 Å². The topological polar surface area (TPSA) is 12.4 Å². The average Bonchev–Trinajstić information content (AvgIpc) is 2.34. The fourth-order valence-electron chi connectivity index (χ4n) is 1.32. The highest BCUT2D eigenvalue weighted by atomic mass is 14.7. The van der Waals surface area contributed by atoms with Gasteiger partial charge in [-0.2, -0.15) is 0 Å². The average molecular weight is 209 g/mol. The molecule has 0 atom stereocenters. The van der Waals surface area contributed by atoms with E-state index in [9.17, 15) is 0 Å². The lowest BCUT2D eigenvalue weighted by atomic mass is 9.99. The molecule has 0 N–H and O–H groups in total. The smallest absolute Gasteiger partial charge is 0.0700 e. The number of allylic oxidation sites excluding steroid dienone is 5. The van der Waals surface area contributed by atoms with Gasteiger partial charge in [-0.05, 0) is 23.9 Å². The first-order valence-electron chi connectivity index (χ1n) is 4.94. The minimum atomic E-state index is 0.820. The maximum atomic E-state index is 4.01. The zero-order valence-electron chi connectivity index (χ0n) is 9.32. The highest BCUT2D eigenvalue weighted by Crippen LogP contribution is 2.29. The van der Waals surface area contributed by atoms with Crippen molar-refractivity contribution in [2.45, 2.75) is 0 Å². The van der Waals surface area contributed by atoms with E-state index < -0.39 is 0 Å². The molecule has 0 unspecified atom stereocenters. The van der Waals surface area contributed by atoms with Crippen molar-refractivity contribution >= 4 is 18.0 Å². The van der Waals surface area contributed by atoms with Gasteiger partial charge in [-0.15, -0.1) is 0 Å². The van der Waals surface area contributed by atoms with E-state index in [1.807, 2.05) is 36.4 Å². The van der Waals surface area contributed by atoms with Crippen LogP contribution in [0.3, 0.4) is 0 Å². The third-order valence-electron chi connectivity index (χ3n) is 2.22. The van der Waals surface area contributed by atoms with Crippen LogP contribution in [0, 0.1) is 0 Å². The van der Waals surface area contributed by atoms with Gasteiger partial charge >= 0.3 is 0 Å². The Kier molecular flexibility index (Phi) is 4.22. The summed E-state index contributed by atoms with van der Waals surface area (Å²) >= 11 is 0. The second-order valence-corrected chi connectivity index (χ2v) is 3.27. The first kappa shape index (κ1) is 11.9. The SMILES string of the molecule is C=CC=CC(=C)C(=C)c1ccccc1N=C. The molecule has 0 bridgehead atoms. The molecule has 0 aliphatic rings. The van der Waals surface area contributed by atoms with Crippen molar-refractivity contribution in [3.8, 4) is 0 Å². The maximum absolute atomic E-state index is 4.01. The van der Waals surface area contributed by atoms with Gasteiger partial charge in [0.2, 0.25) is 0 Å². The molecule has 1 heteroatoms. The van der Waals surface area contributed by atoms with Crippen molar-refractivity contribution < 1.29 is 0 Å². The second-order valence-electron chi connectivity index (χ2n) is 3.27. The fourth-order valence-corrected chi connectivity index (χ4v) is 1.32. The fraction of sp³-hybridized carbons (Fsp3) is 0. The van der Waals surface area contributed by atoms with Crippen molar-refractivity contribution in [3.05, 3.63) is 73.4 Å². The number of nitrogens with zero attached hydrogens (tertiary/aromatic N) is 1. The molecule has 0 aliphatic heterocycles. The van der Waals surface area contributed by atoms with Crippen LogP contribution in [0.1, 0.15) is 5.56 Å². The van der Waals surface area contributed by atoms with Crippen molar-refractivity contribution in [2.24, 2.45) is 4.99 Å². The summed E-state index contributed by atoms with van der Waals surface area (Å²) in [6, 6.07) is 7.72. The van der Waals surface area contributed by atoms with Crippen molar-refractivity contribution in [2.75, 3.05) is 0 Å². The molecule has 0 spiro atoms. The molecular weight excluding hydrogens is 194 g/mol. The summed E-state index contributed by atoms with van der Waals surface area (Å²) in [7, 11) is 0. The van der Waals surface area contributed by atoms with Crippen LogP contribution in [0.25, 0.3) is 5.57 Å². The number of hydrogen-bond donors (Lipinski definition) is 0. The van der Waals surface area contributed by atoms with Crippen LogP contribution in [0.2, 0.25) is 0 Å². The van der Waals surface area contributed by atoms with E-state index in [4.69, 9.17) is 0 Å². The Morgan fingerprint density at radius 2 is 1.88 bits per heavy atom. The van der Waals surface area contributed by atoms with Gasteiger partial charge in [0.1, 0.15) is 0 Å². The molecule has 0 fully saturated rings. The molecule has 16 heavy (non-hydrogen) atoms. The van der Waals surface area contributed by atoms with E-state index in [1.54, 1.807) is 6.08 Å². The molecule has 1 aromatic rings. The summed E-state index contributed by atoms with van der Waals surface area (Å²) in [5, 5.41) is 0. The van der Waals surface area contributed by atoms with Crippen LogP contribution < -0.4 is 0 Å². The van der Waals surface area contributed by atoms with Crippen LogP contribution in [0.4, 0.5) is 5.69 Å². The summed E-state index contributed by atoms with van der Waals surface area (Å²) in [5.41, 5.74) is 3.47. The molecule has 0 heterocycles. The number of rotatable bonds is 5. The predicted molar refractivity (Wildman–Crippen MR) is 73.2 cm³/mol. The Hall–Kier alpha value is -2.15. The van der Waals surface area contributed by atoms with Crippen LogP contribution in [-0.4, -0.2) is 6.72 Å². The van der Waals surface area contributed by atoms with E-state index in [1.165, 1.54) is 0 Å². The van der Waals surface area contributed by atoms with Gasteiger partial charge in [-0.1, -0.05) is 56.2 Å². The number of aliphatic imine (C=N–C) groups is 1. The lowest BCUT2D eigenvalue weighted by Crippen LogP contribution is -1.85. The standard InChI is InChI=1S/C15H15N/c1-5-6-9-12(2)13(3)14-10-7-8-11-15(14)16-4/h5-11H,1-4H2. The Morgan fingerprint density at radius 1 is 1.19 bits per heavy atom.